The SMILES string of the molecule is C[C@H](Nc1nc(N)nc2cccnc12)c1cc2cccc(-c3ccnnc3)c2c(=O)n1-c1cccc(F)c1. The first-order chi connectivity index (χ1) is 18.5. The fraction of sp³-hybridized carbons (Fsp3) is 0.0714. The Bertz CT molecular complexity index is 1870. The number of nitrogens with one attached hydrogen (secondary N) is 1. The Kier molecular flexibility index (Phi) is 5.68. The van der Waals surface area contributed by atoms with E-state index in [9.17, 15) is 9.18 Å². The molecule has 0 unspecified atom stereocenters. The van der Waals surface area contributed by atoms with Gasteiger partial charge in [-0.2, -0.15) is 15.2 Å². The van der Waals surface area contributed by atoms with Crippen LogP contribution in [0.2, 0.25) is 0 Å². The van der Waals surface area contributed by atoms with Crippen molar-refractivity contribution in [1.29, 1.82) is 0 Å². The van der Waals surface area contributed by atoms with Crippen LogP contribution in [0.5, 0.6) is 0 Å². The number of nitrogen functional groups attached to an aromatic ring is 1. The first-order valence-corrected chi connectivity index (χ1v) is 11.9. The van der Waals surface area contributed by atoms with Crippen LogP contribution in [0.1, 0.15) is 18.7 Å². The topological polar surface area (TPSA) is 124 Å². The molecule has 6 aromatic rings. The summed E-state index contributed by atoms with van der Waals surface area (Å²) < 4.78 is 15.9. The highest BCUT2D eigenvalue weighted by molar-refractivity contribution is 5.96. The number of nitrogens with two attached hydrogens (primary N) is 1. The lowest BCUT2D eigenvalue weighted by Crippen LogP contribution is -2.26. The van der Waals surface area contributed by atoms with E-state index >= 15 is 0 Å². The van der Waals surface area contributed by atoms with Crippen molar-refractivity contribution in [3.63, 3.8) is 0 Å². The molecule has 0 spiro atoms. The zero-order valence-corrected chi connectivity index (χ0v) is 20.2. The average molecular weight is 505 g/mol. The maximum Gasteiger partial charge on any atom is 0.263 e. The number of benzene rings is 2. The summed E-state index contributed by atoms with van der Waals surface area (Å²) in [5.74, 6) is 0.0684. The molecule has 4 heterocycles. The van der Waals surface area contributed by atoms with Crippen molar-refractivity contribution in [2.45, 2.75) is 13.0 Å². The van der Waals surface area contributed by atoms with Crippen molar-refractivity contribution in [2.24, 2.45) is 0 Å². The highest BCUT2D eigenvalue weighted by Crippen LogP contribution is 2.30. The van der Waals surface area contributed by atoms with E-state index in [1.165, 1.54) is 16.7 Å². The Hall–Kier alpha value is -5.25. The first kappa shape index (κ1) is 23.2. The van der Waals surface area contributed by atoms with Gasteiger partial charge >= 0.3 is 0 Å². The van der Waals surface area contributed by atoms with E-state index in [2.05, 4.69) is 30.5 Å². The summed E-state index contributed by atoms with van der Waals surface area (Å²) in [5.41, 5.74) is 9.24. The molecule has 0 amide bonds. The summed E-state index contributed by atoms with van der Waals surface area (Å²) in [4.78, 5) is 27.2. The van der Waals surface area contributed by atoms with Crippen LogP contribution in [0.4, 0.5) is 16.2 Å². The number of hydrogen-bond donors (Lipinski definition) is 2. The molecule has 0 bridgehead atoms. The van der Waals surface area contributed by atoms with Crippen molar-refractivity contribution in [2.75, 3.05) is 11.1 Å². The molecule has 1 atom stereocenters. The molecular formula is C28H21FN8O. The number of halogens is 1. The van der Waals surface area contributed by atoms with Crippen LogP contribution in [-0.2, 0) is 0 Å². The monoisotopic (exact) mass is 504 g/mol. The Labute approximate surface area is 215 Å². The van der Waals surface area contributed by atoms with Crippen molar-refractivity contribution in [3.05, 3.63) is 107 Å². The second-order valence-corrected chi connectivity index (χ2v) is 8.76. The van der Waals surface area contributed by atoms with Gasteiger partial charge in [0, 0.05) is 17.5 Å². The largest absolute Gasteiger partial charge is 0.368 e. The molecule has 0 radical (unpaired) electrons. The molecular weight excluding hydrogens is 483 g/mol. The highest BCUT2D eigenvalue weighted by atomic mass is 19.1. The standard InChI is InChI=1S/C28H21FN8O/c1-16(34-26-25-22(9-4-11-31-25)35-28(30)36-26)23-13-17-5-2-8-21(18-10-12-32-33-15-18)24(17)27(38)37(23)20-7-3-6-19(29)14-20/h2-16H,1H3,(H3,30,34,35,36)/t16-/m0/s1. The molecule has 0 aliphatic heterocycles. The summed E-state index contributed by atoms with van der Waals surface area (Å²) in [7, 11) is 0. The number of aromatic nitrogens is 6. The van der Waals surface area contributed by atoms with Gasteiger partial charge in [-0.25, -0.2) is 9.37 Å². The molecule has 186 valence electrons. The molecule has 4 aromatic heterocycles. The minimum Gasteiger partial charge on any atom is -0.368 e. The van der Waals surface area contributed by atoms with E-state index < -0.39 is 11.9 Å². The maximum atomic E-state index is 14.4. The summed E-state index contributed by atoms with van der Waals surface area (Å²) >= 11 is 0. The lowest BCUT2D eigenvalue weighted by Gasteiger charge is -2.22. The van der Waals surface area contributed by atoms with E-state index in [4.69, 9.17) is 5.73 Å². The van der Waals surface area contributed by atoms with Crippen molar-refractivity contribution >= 4 is 33.6 Å². The van der Waals surface area contributed by atoms with Crippen molar-refractivity contribution in [1.82, 2.24) is 29.7 Å². The van der Waals surface area contributed by atoms with E-state index in [-0.39, 0.29) is 11.5 Å². The molecule has 3 N–H and O–H groups in total. The van der Waals surface area contributed by atoms with Gasteiger partial charge in [0.1, 0.15) is 11.3 Å². The van der Waals surface area contributed by atoms with Crippen LogP contribution in [0, 0.1) is 5.82 Å². The van der Waals surface area contributed by atoms with Gasteiger partial charge in [-0.05, 0) is 60.3 Å². The molecule has 0 saturated carbocycles. The number of fused-ring (bicyclic) bond motifs is 2. The average Bonchev–Trinajstić information content (AvgIpc) is 2.93. The molecule has 0 fully saturated rings. The lowest BCUT2D eigenvalue weighted by atomic mass is 9.99. The number of anilines is 2. The molecule has 2 aromatic carbocycles. The van der Waals surface area contributed by atoms with Gasteiger partial charge in [-0.1, -0.05) is 24.3 Å². The van der Waals surface area contributed by atoms with Gasteiger partial charge in [-0.15, -0.1) is 0 Å². The fourth-order valence-corrected chi connectivity index (χ4v) is 4.64. The minimum absolute atomic E-state index is 0.0943. The molecule has 9 nitrogen and oxygen atoms in total. The van der Waals surface area contributed by atoms with Crippen molar-refractivity contribution < 1.29 is 4.39 Å². The first-order valence-electron chi connectivity index (χ1n) is 11.9. The Balaban J connectivity index is 1.59. The zero-order chi connectivity index (χ0) is 26.2. The van der Waals surface area contributed by atoms with E-state index in [0.717, 1.165) is 10.9 Å². The third kappa shape index (κ3) is 4.07. The third-order valence-corrected chi connectivity index (χ3v) is 6.31. The molecule has 0 saturated heterocycles. The predicted octanol–water partition coefficient (Wildman–Crippen LogP) is 4.68. The molecule has 0 aliphatic rings. The normalized spacial score (nSPS) is 12.1. The predicted molar refractivity (Wildman–Crippen MR) is 144 cm³/mol. The summed E-state index contributed by atoms with van der Waals surface area (Å²) in [5, 5.41) is 12.4. The number of nitrogens with zero attached hydrogens (tertiary/aromatic N) is 6. The molecule has 6 rings (SSSR count). The number of pyridine rings is 2. The fourth-order valence-electron chi connectivity index (χ4n) is 4.64. The van der Waals surface area contributed by atoms with Crippen LogP contribution in [0.3, 0.4) is 0 Å². The quantitative estimate of drug-likeness (QED) is 0.347. The lowest BCUT2D eigenvalue weighted by molar-refractivity contribution is 0.625. The molecule has 0 aliphatic carbocycles. The zero-order valence-electron chi connectivity index (χ0n) is 20.2. The van der Waals surface area contributed by atoms with Crippen LogP contribution in [0.15, 0.2) is 90.1 Å². The van der Waals surface area contributed by atoms with Crippen LogP contribution >= 0.6 is 0 Å². The van der Waals surface area contributed by atoms with Gasteiger partial charge < -0.3 is 11.1 Å². The highest BCUT2D eigenvalue weighted by Gasteiger charge is 2.20. The maximum absolute atomic E-state index is 14.4. The van der Waals surface area contributed by atoms with Crippen LogP contribution < -0.4 is 16.6 Å². The van der Waals surface area contributed by atoms with Crippen LogP contribution in [0.25, 0.3) is 38.6 Å². The summed E-state index contributed by atoms with van der Waals surface area (Å²) in [6.07, 6.45) is 4.83. The number of hydrogen-bond acceptors (Lipinski definition) is 8. The van der Waals surface area contributed by atoms with Crippen LogP contribution in [-0.4, -0.2) is 29.7 Å². The summed E-state index contributed by atoms with van der Waals surface area (Å²) in [6, 6.07) is 18.4. The minimum atomic E-state index is -0.457. The van der Waals surface area contributed by atoms with Gasteiger partial charge in [-0.3, -0.25) is 14.3 Å². The van der Waals surface area contributed by atoms with E-state index in [0.29, 0.717) is 39.2 Å². The van der Waals surface area contributed by atoms with Gasteiger partial charge in [0.15, 0.2) is 5.82 Å². The Morgan fingerprint density at radius 3 is 2.66 bits per heavy atom. The third-order valence-electron chi connectivity index (χ3n) is 6.31. The molecule has 38 heavy (non-hydrogen) atoms. The van der Waals surface area contributed by atoms with Gasteiger partial charge in [0.2, 0.25) is 5.95 Å². The second-order valence-electron chi connectivity index (χ2n) is 8.76. The smallest absolute Gasteiger partial charge is 0.263 e. The number of rotatable bonds is 5. The van der Waals surface area contributed by atoms with Crippen molar-refractivity contribution in [3.8, 4) is 16.8 Å². The Morgan fingerprint density at radius 1 is 0.974 bits per heavy atom. The van der Waals surface area contributed by atoms with Gasteiger partial charge in [0.05, 0.1) is 35.0 Å². The summed E-state index contributed by atoms with van der Waals surface area (Å²) in [6.45, 7) is 1.89. The van der Waals surface area contributed by atoms with E-state index in [1.807, 2.05) is 31.2 Å². The van der Waals surface area contributed by atoms with Gasteiger partial charge in [0.25, 0.3) is 5.56 Å². The molecule has 10 heteroatoms. The van der Waals surface area contributed by atoms with E-state index in [1.54, 1.807) is 48.9 Å². The second kappa shape index (κ2) is 9.32. The Morgan fingerprint density at radius 2 is 1.84 bits per heavy atom.